The molecule has 236 valence electrons. The fourth-order valence-electron chi connectivity index (χ4n) is 6.16. The van der Waals surface area contributed by atoms with Crippen LogP contribution >= 0.6 is 0 Å². The molecule has 0 spiro atoms. The number of benzene rings is 4. The van der Waals surface area contributed by atoms with Gasteiger partial charge >= 0.3 is 0 Å². The molecule has 8 nitrogen and oxygen atoms in total. The van der Waals surface area contributed by atoms with Crippen molar-refractivity contribution in [2.24, 2.45) is 0 Å². The zero-order chi connectivity index (χ0) is 31.2. The van der Waals surface area contributed by atoms with Crippen molar-refractivity contribution in [3.63, 3.8) is 0 Å². The first-order valence-electron chi connectivity index (χ1n) is 15.5. The molecule has 0 bridgehead atoms. The highest BCUT2D eigenvalue weighted by Crippen LogP contribution is 2.36. The molecule has 4 aromatic rings. The van der Waals surface area contributed by atoms with E-state index in [-0.39, 0.29) is 0 Å². The summed E-state index contributed by atoms with van der Waals surface area (Å²) >= 11 is 0. The predicted octanol–water partition coefficient (Wildman–Crippen LogP) is 6.19. The first kappa shape index (κ1) is 30.3. The predicted molar refractivity (Wildman–Crippen MR) is 178 cm³/mol. The molecular weight excluding hydrogens is 568 g/mol. The number of ether oxygens (including phenoxy) is 6. The van der Waals surface area contributed by atoms with Gasteiger partial charge in [-0.1, -0.05) is 24.3 Å². The molecule has 0 saturated heterocycles. The van der Waals surface area contributed by atoms with E-state index in [4.69, 9.17) is 28.4 Å². The van der Waals surface area contributed by atoms with Crippen molar-refractivity contribution in [2.45, 2.75) is 19.3 Å². The third-order valence-corrected chi connectivity index (χ3v) is 8.61. The maximum absolute atomic E-state index is 6.12. The lowest BCUT2D eigenvalue weighted by Gasteiger charge is -2.32. The maximum Gasteiger partial charge on any atom is 0.160 e. The molecule has 6 rings (SSSR count). The Bertz CT molecular complexity index is 1500. The van der Waals surface area contributed by atoms with Gasteiger partial charge in [-0.3, -0.25) is 0 Å². The van der Waals surface area contributed by atoms with Crippen molar-refractivity contribution < 1.29 is 28.4 Å². The van der Waals surface area contributed by atoms with Crippen LogP contribution in [-0.2, 0) is 19.3 Å². The number of anilines is 2. The van der Waals surface area contributed by atoms with Crippen LogP contribution in [-0.4, -0.2) is 67.8 Å². The van der Waals surface area contributed by atoms with Gasteiger partial charge in [0.05, 0.1) is 52.9 Å². The topological polar surface area (TPSA) is 61.9 Å². The molecule has 0 radical (unpaired) electrons. The Balaban J connectivity index is 1.09. The van der Waals surface area contributed by atoms with Crippen LogP contribution in [0, 0.1) is 0 Å². The number of fused-ring (bicyclic) bond motifs is 2. The van der Waals surface area contributed by atoms with E-state index in [0.717, 1.165) is 91.3 Å². The second kappa shape index (κ2) is 13.9. The van der Waals surface area contributed by atoms with Crippen LogP contribution in [0.5, 0.6) is 34.5 Å². The largest absolute Gasteiger partial charge is 0.493 e. The van der Waals surface area contributed by atoms with E-state index in [1.165, 1.54) is 22.3 Å². The number of hydrogen-bond acceptors (Lipinski definition) is 8. The molecule has 0 aromatic heterocycles. The zero-order valence-corrected chi connectivity index (χ0v) is 26.6. The maximum atomic E-state index is 6.12. The summed E-state index contributed by atoms with van der Waals surface area (Å²) in [6.07, 6.45) is 2.62. The molecule has 2 heterocycles. The van der Waals surface area contributed by atoms with Crippen LogP contribution in [0.1, 0.15) is 22.3 Å². The molecule has 0 atom stereocenters. The molecule has 0 fully saturated rings. The molecular formula is C37H42N2O6. The van der Waals surface area contributed by atoms with E-state index in [9.17, 15) is 0 Å². The quantitative estimate of drug-likeness (QED) is 0.188. The Morgan fingerprint density at radius 1 is 0.511 bits per heavy atom. The summed E-state index contributed by atoms with van der Waals surface area (Å²) in [6, 6.07) is 25.5. The SMILES string of the molecule is COc1ccc(CCN2CCOc3cc(Cc4ccc5c(c4)OCCN5CCc4ccc(OC)c(OC)c4)ccc32)cc1OC. The van der Waals surface area contributed by atoms with Crippen LogP contribution in [0.4, 0.5) is 11.4 Å². The molecule has 0 aliphatic carbocycles. The second-order valence-corrected chi connectivity index (χ2v) is 11.3. The monoisotopic (exact) mass is 610 g/mol. The minimum Gasteiger partial charge on any atom is -0.493 e. The summed E-state index contributed by atoms with van der Waals surface area (Å²) in [5.74, 6) is 4.91. The average molecular weight is 611 g/mol. The molecule has 0 N–H and O–H groups in total. The zero-order valence-electron chi connectivity index (χ0n) is 26.6. The van der Waals surface area contributed by atoms with Crippen molar-refractivity contribution >= 4 is 11.4 Å². The summed E-state index contributed by atoms with van der Waals surface area (Å²) in [5.41, 5.74) is 7.15. The van der Waals surface area contributed by atoms with Crippen molar-refractivity contribution in [1.82, 2.24) is 0 Å². The number of nitrogens with zero attached hydrogens (tertiary/aromatic N) is 2. The molecule has 2 aliphatic heterocycles. The lowest BCUT2D eigenvalue weighted by atomic mass is 10.0. The van der Waals surface area contributed by atoms with Crippen LogP contribution in [0.2, 0.25) is 0 Å². The Morgan fingerprint density at radius 3 is 1.36 bits per heavy atom. The van der Waals surface area contributed by atoms with Crippen molar-refractivity contribution in [1.29, 1.82) is 0 Å². The van der Waals surface area contributed by atoms with Gasteiger partial charge in [0.2, 0.25) is 0 Å². The summed E-state index contributed by atoms with van der Waals surface area (Å²) < 4.78 is 34.0. The van der Waals surface area contributed by atoms with E-state index in [1.807, 2.05) is 12.1 Å². The van der Waals surface area contributed by atoms with Gasteiger partial charge in [0, 0.05) is 13.1 Å². The highest BCUT2D eigenvalue weighted by Gasteiger charge is 2.21. The van der Waals surface area contributed by atoms with Gasteiger partial charge in [0.1, 0.15) is 24.7 Å². The Hall–Kier alpha value is -4.72. The van der Waals surface area contributed by atoms with Crippen LogP contribution in [0.3, 0.4) is 0 Å². The van der Waals surface area contributed by atoms with Crippen molar-refractivity contribution in [3.8, 4) is 34.5 Å². The van der Waals surface area contributed by atoms with E-state index >= 15 is 0 Å². The average Bonchev–Trinajstić information content (AvgIpc) is 3.09. The summed E-state index contributed by atoms with van der Waals surface area (Å²) in [6.45, 7) is 4.88. The molecule has 8 heteroatoms. The minimum absolute atomic E-state index is 0.675. The van der Waals surface area contributed by atoms with Gasteiger partial charge < -0.3 is 38.2 Å². The molecule has 4 aromatic carbocycles. The van der Waals surface area contributed by atoms with E-state index in [1.54, 1.807) is 28.4 Å². The van der Waals surface area contributed by atoms with Gasteiger partial charge in [-0.2, -0.15) is 0 Å². The standard InChI is InChI=1S/C37H42N2O6/c1-40-32-11-7-26(22-36(32)42-3)13-15-38-17-19-44-34-24-28(5-9-30(34)38)21-29-6-10-31-35(25-29)45-20-18-39(31)16-14-27-8-12-33(41-2)37(23-27)43-4/h5-12,22-25H,13-21H2,1-4H3. The van der Waals surface area contributed by atoms with E-state index < -0.39 is 0 Å². The first-order chi connectivity index (χ1) is 22.1. The van der Waals surface area contributed by atoms with Gasteiger partial charge in [-0.25, -0.2) is 0 Å². The van der Waals surface area contributed by atoms with Crippen molar-refractivity contribution in [2.75, 3.05) is 77.6 Å². The Kier molecular flexibility index (Phi) is 9.38. The van der Waals surface area contributed by atoms with Gasteiger partial charge in [-0.15, -0.1) is 0 Å². The molecule has 0 amide bonds. The summed E-state index contributed by atoms with van der Waals surface area (Å²) in [7, 11) is 6.67. The van der Waals surface area contributed by atoms with Gasteiger partial charge in [-0.05, 0) is 90.0 Å². The van der Waals surface area contributed by atoms with E-state index in [0.29, 0.717) is 13.2 Å². The third-order valence-electron chi connectivity index (χ3n) is 8.61. The first-order valence-corrected chi connectivity index (χ1v) is 15.5. The number of rotatable bonds is 12. The smallest absolute Gasteiger partial charge is 0.160 e. The second-order valence-electron chi connectivity index (χ2n) is 11.3. The van der Waals surface area contributed by atoms with Gasteiger partial charge in [0.15, 0.2) is 23.0 Å². The Labute approximate surface area is 266 Å². The molecule has 45 heavy (non-hydrogen) atoms. The third kappa shape index (κ3) is 6.85. The molecule has 2 aliphatic rings. The number of hydrogen-bond donors (Lipinski definition) is 0. The lowest BCUT2D eigenvalue weighted by Crippen LogP contribution is -2.34. The minimum atomic E-state index is 0.675. The molecule has 0 saturated carbocycles. The summed E-state index contributed by atoms with van der Waals surface area (Å²) in [4.78, 5) is 4.81. The normalized spacial score (nSPS) is 13.7. The number of methoxy groups -OCH3 is 4. The van der Waals surface area contributed by atoms with Crippen LogP contribution in [0.15, 0.2) is 72.8 Å². The molecule has 0 unspecified atom stereocenters. The van der Waals surface area contributed by atoms with Crippen LogP contribution < -0.4 is 38.2 Å². The fraction of sp³-hybridized carbons (Fsp3) is 0.351. The Morgan fingerprint density at radius 2 is 0.933 bits per heavy atom. The highest BCUT2D eigenvalue weighted by atomic mass is 16.5. The van der Waals surface area contributed by atoms with E-state index in [2.05, 4.69) is 70.5 Å². The summed E-state index contributed by atoms with van der Waals surface area (Å²) in [5, 5.41) is 0. The van der Waals surface area contributed by atoms with Crippen LogP contribution in [0.25, 0.3) is 0 Å². The lowest BCUT2D eigenvalue weighted by molar-refractivity contribution is 0.307. The van der Waals surface area contributed by atoms with Gasteiger partial charge in [0.25, 0.3) is 0 Å². The van der Waals surface area contributed by atoms with Crippen molar-refractivity contribution in [3.05, 3.63) is 95.1 Å². The highest BCUT2D eigenvalue weighted by molar-refractivity contribution is 5.63. The fourth-order valence-corrected chi connectivity index (χ4v) is 6.16.